The molecule has 5 heavy (non-hydrogen) atoms. The molecule has 0 aromatic heterocycles. The van der Waals surface area contributed by atoms with Crippen molar-refractivity contribution in [2.45, 2.75) is 0 Å². The van der Waals surface area contributed by atoms with Crippen LogP contribution < -0.4 is 0 Å². The molecule has 0 aliphatic carbocycles. The maximum Gasteiger partial charge on any atom is 0.420 e. The van der Waals surface area contributed by atoms with Gasteiger partial charge in [0.2, 0.25) is 0 Å². The zero-order valence-corrected chi connectivity index (χ0v) is 4.30. The summed E-state index contributed by atoms with van der Waals surface area (Å²) in [5.74, 6) is 0. The van der Waals surface area contributed by atoms with Crippen molar-refractivity contribution in [3.63, 3.8) is 0 Å². The molecule has 0 aromatic carbocycles. The minimum absolute atomic E-state index is 0.580. The Hall–Kier alpha value is 0.314. The summed E-state index contributed by atoms with van der Waals surface area (Å²) in [6.45, 7) is 0. The summed E-state index contributed by atoms with van der Waals surface area (Å²) in [5.41, 5.74) is 0. The lowest BCUT2D eigenvalue weighted by Crippen LogP contribution is -2.00. The lowest BCUT2D eigenvalue weighted by molar-refractivity contribution is 0.408. The Labute approximate surface area is 34.7 Å². The van der Waals surface area contributed by atoms with E-state index in [4.69, 9.17) is 9.59 Å². The zero-order chi connectivity index (χ0) is 4.12. The third kappa shape index (κ3) is 4.31. The van der Waals surface area contributed by atoms with Crippen molar-refractivity contribution < 1.29 is 13.7 Å². The van der Waals surface area contributed by atoms with Gasteiger partial charge in [0.15, 0.2) is 0 Å². The van der Waals surface area contributed by atoms with E-state index in [-0.39, 0.29) is 0 Å². The van der Waals surface area contributed by atoms with Gasteiger partial charge < -0.3 is 13.7 Å². The Morgan fingerprint density at radius 2 is 1.60 bits per heavy atom. The third-order valence-corrected chi connectivity index (χ3v) is 0.822. The molecule has 0 heterocycles. The molecule has 0 amide bonds. The molecule has 2 N–H and O–H groups in total. The standard InChI is InChI=1S/H2O3Si2/c1-4-3-5-2/h1-2H. The average molecular weight is 106 g/mol. The molecule has 0 saturated heterocycles. The van der Waals surface area contributed by atoms with E-state index in [1.807, 2.05) is 0 Å². The summed E-state index contributed by atoms with van der Waals surface area (Å²) in [5, 5.41) is 0. The van der Waals surface area contributed by atoms with Gasteiger partial charge in [-0.2, -0.15) is 0 Å². The number of hydrogen-bond donors (Lipinski definition) is 2. The van der Waals surface area contributed by atoms with Crippen LogP contribution in [0.4, 0.5) is 0 Å². The van der Waals surface area contributed by atoms with Gasteiger partial charge in [-0.3, -0.25) is 0 Å². The third-order valence-electron chi connectivity index (χ3n) is 0.0913. The molecule has 0 aliphatic rings. The van der Waals surface area contributed by atoms with Crippen LogP contribution in [-0.4, -0.2) is 29.6 Å². The first-order valence-corrected chi connectivity index (χ1v) is 2.57. The first kappa shape index (κ1) is 5.31. The van der Waals surface area contributed by atoms with E-state index < -0.39 is 20.0 Å². The summed E-state index contributed by atoms with van der Waals surface area (Å²) in [6.07, 6.45) is 0. The first-order valence-electron chi connectivity index (χ1n) is 0.855. The van der Waals surface area contributed by atoms with E-state index >= 15 is 0 Å². The van der Waals surface area contributed by atoms with Crippen LogP contribution in [0.3, 0.4) is 0 Å². The van der Waals surface area contributed by atoms with Crippen molar-refractivity contribution >= 4 is 20.0 Å². The van der Waals surface area contributed by atoms with E-state index in [2.05, 4.69) is 4.12 Å². The maximum atomic E-state index is 7.72. The van der Waals surface area contributed by atoms with Crippen molar-refractivity contribution in [1.82, 2.24) is 0 Å². The second kappa shape index (κ2) is 4.31. The van der Waals surface area contributed by atoms with E-state index in [0.29, 0.717) is 0 Å². The molecule has 5 heteroatoms. The Morgan fingerprint density at radius 3 is 1.60 bits per heavy atom. The van der Waals surface area contributed by atoms with Crippen LogP contribution in [0, 0.1) is 0 Å². The molecule has 4 radical (unpaired) electrons. The molecular weight excluding hydrogens is 104 g/mol. The zero-order valence-electron chi connectivity index (χ0n) is 2.30. The van der Waals surface area contributed by atoms with Crippen LogP contribution in [0.1, 0.15) is 0 Å². The second-order valence-electron chi connectivity index (χ2n) is 0.285. The van der Waals surface area contributed by atoms with Crippen molar-refractivity contribution in [1.29, 1.82) is 0 Å². The molecular formula is H2O3Si2. The molecule has 28 valence electrons. The predicted octanol–water partition coefficient (Wildman–Crippen LogP) is -1.94. The fourth-order valence-electron chi connectivity index (χ4n) is 0.0204. The summed E-state index contributed by atoms with van der Waals surface area (Å²) in [6, 6.07) is 0. The van der Waals surface area contributed by atoms with Crippen molar-refractivity contribution in [2.75, 3.05) is 0 Å². The van der Waals surface area contributed by atoms with Gasteiger partial charge in [-0.25, -0.2) is 0 Å². The SMILES string of the molecule is O[Si]O[Si]O. The number of hydrogen-bond acceptors (Lipinski definition) is 3. The Kier molecular flexibility index (Phi) is 4.58. The summed E-state index contributed by atoms with van der Waals surface area (Å²) >= 11 is 0. The minimum atomic E-state index is -0.580. The van der Waals surface area contributed by atoms with Gasteiger partial charge >= 0.3 is 20.0 Å². The highest BCUT2D eigenvalue weighted by molar-refractivity contribution is 6.32. The van der Waals surface area contributed by atoms with Crippen LogP contribution in [0.5, 0.6) is 0 Å². The quantitative estimate of drug-likeness (QED) is 0.402. The molecule has 0 fully saturated rings. The Bertz CT molecular complexity index is 12.4. The topological polar surface area (TPSA) is 49.7 Å². The van der Waals surface area contributed by atoms with Gasteiger partial charge in [0, 0.05) is 0 Å². The van der Waals surface area contributed by atoms with Gasteiger partial charge in [-0.15, -0.1) is 0 Å². The average Bonchev–Trinajstić information content (AvgIpc) is 1.41. The molecule has 0 spiro atoms. The fourth-order valence-corrected chi connectivity index (χ4v) is 0.184. The second-order valence-corrected chi connectivity index (χ2v) is 1.47. The first-order chi connectivity index (χ1) is 2.41. The van der Waals surface area contributed by atoms with E-state index in [9.17, 15) is 0 Å². The van der Waals surface area contributed by atoms with E-state index in [1.165, 1.54) is 0 Å². The summed E-state index contributed by atoms with van der Waals surface area (Å²) < 4.78 is 4.00. The van der Waals surface area contributed by atoms with Gasteiger partial charge in [0.05, 0.1) is 0 Å². The maximum absolute atomic E-state index is 7.72. The highest BCUT2D eigenvalue weighted by Crippen LogP contribution is 1.48. The van der Waals surface area contributed by atoms with Crippen LogP contribution >= 0.6 is 0 Å². The highest BCUT2D eigenvalue weighted by Gasteiger charge is 1.79. The summed E-state index contributed by atoms with van der Waals surface area (Å²) in [7, 11) is -1.16. The predicted molar refractivity (Wildman–Crippen MR) is 17.0 cm³/mol. The van der Waals surface area contributed by atoms with Crippen LogP contribution in [0.25, 0.3) is 0 Å². The fraction of sp³-hybridized carbons (Fsp3) is 0. The highest BCUT2D eigenvalue weighted by atomic mass is 28.3. The lowest BCUT2D eigenvalue weighted by atomic mass is 15.8. The Morgan fingerprint density at radius 1 is 1.20 bits per heavy atom. The molecule has 0 aliphatic heterocycles. The molecule has 3 nitrogen and oxygen atoms in total. The van der Waals surface area contributed by atoms with Crippen molar-refractivity contribution in [3.8, 4) is 0 Å². The van der Waals surface area contributed by atoms with Gasteiger partial charge in [-0.05, 0) is 0 Å². The number of rotatable bonds is 2. The van der Waals surface area contributed by atoms with Crippen molar-refractivity contribution in [2.24, 2.45) is 0 Å². The Balaban J connectivity index is 2.19. The lowest BCUT2D eigenvalue weighted by Gasteiger charge is -1.78. The summed E-state index contributed by atoms with van der Waals surface area (Å²) in [4.78, 5) is 15.4. The van der Waals surface area contributed by atoms with Crippen LogP contribution in [0.2, 0.25) is 0 Å². The molecule has 0 aromatic rings. The normalized spacial score (nSPS) is 8.40. The van der Waals surface area contributed by atoms with Gasteiger partial charge in [0.25, 0.3) is 0 Å². The molecule has 0 bridgehead atoms. The molecule has 0 rings (SSSR count). The molecule has 0 saturated carbocycles. The van der Waals surface area contributed by atoms with Gasteiger partial charge in [0.1, 0.15) is 0 Å². The monoisotopic (exact) mass is 106 g/mol. The largest absolute Gasteiger partial charge is 0.420 e. The van der Waals surface area contributed by atoms with Crippen molar-refractivity contribution in [3.05, 3.63) is 0 Å². The smallest absolute Gasteiger partial charge is 0.412 e. The minimum Gasteiger partial charge on any atom is -0.412 e. The van der Waals surface area contributed by atoms with Crippen LogP contribution in [-0.2, 0) is 4.12 Å². The molecule has 0 atom stereocenters. The van der Waals surface area contributed by atoms with E-state index in [1.54, 1.807) is 0 Å². The van der Waals surface area contributed by atoms with Crippen LogP contribution in [0.15, 0.2) is 0 Å². The van der Waals surface area contributed by atoms with E-state index in [0.717, 1.165) is 0 Å². The molecule has 0 unspecified atom stereocenters. The van der Waals surface area contributed by atoms with Gasteiger partial charge in [-0.1, -0.05) is 0 Å².